The van der Waals surface area contributed by atoms with Crippen molar-refractivity contribution < 1.29 is 19.4 Å². The van der Waals surface area contributed by atoms with Crippen molar-refractivity contribution in [1.29, 1.82) is 0 Å². The molecule has 0 saturated heterocycles. The number of ether oxygens (including phenoxy) is 2. The van der Waals surface area contributed by atoms with Gasteiger partial charge in [-0.3, -0.25) is 0 Å². The van der Waals surface area contributed by atoms with E-state index in [4.69, 9.17) is 4.74 Å². The largest absolute Gasteiger partial charge is 0.467 e. The Bertz CT molecular complexity index is 233. The lowest BCUT2D eigenvalue weighted by Gasteiger charge is -2.20. The van der Waals surface area contributed by atoms with Crippen LogP contribution < -0.4 is 0 Å². The second kappa shape index (κ2) is 6.58. The van der Waals surface area contributed by atoms with Gasteiger partial charge in [0.2, 0.25) is 0 Å². The molecule has 15 heavy (non-hydrogen) atoms. The summed E-state index contributed by atoms with van der Waals surface area (Å²) < 4.78 is 9.43. The van der Waals surface area contributed by atoms with Gasteiger partial charge in [-0.05, 0) is 18.4 Å². The Morgan fingerprint density at radius 3 is 2.20 bits per heavy atom. The summed E-state index contributed by atoms with van der Waals surface area (Å²) in [6.07, 6.45) is -0.0190. The number of aliphatic hydroxyl groups is 1. The SMILES string of the molecule is COC(=O)[C@H](OC)[C@H](O)/C(C)=C/C(C)C. The highest BCUT2D eigenvalue weighted by molar-refractivity contribution is 5.75. The molecule has 0 unspecified atom stereocenters. The van der Waals surface area contributed by atoms with Gasteiger partial charge in [0.15, 0.2) is 6.10 Å². The van der Waals surface area contributed by atoms with Crippen molar-refractivity contribution in [3.8, 4) is 0 Å². The van der Waals surface area contributed by atoms with Gasteiger partial charge in [0.1, 0.15) is 6.10 Å². The molecule has 0 aromatic heterocycles. The van der Waals surface area contributed by atoms with Crippen molar-refractivity contribution in [1.82, 2.24) is 0 Å². The topological polar surface area (TPSA) is 55.8 Å². The average Bonchev–Trinajstić information content (AvgIpc) is 2.17. The molecule has 0 heterocycles. The first-order valence-corrected chi connectivity index (χ1v) is 4.91. The minimum atomic E-state index is -0.954. The molecule has 0 aliphatic rings. The summed E-state index contributed by atoms with van der Waals surface area (Å²) in [5, 5.41) is 9.83. The molecule has 1 N–H and O–H groups in total. The fourth-order valence-electron chi connectivity index (χ4n) is 1.33. The molecule has 88 valence electrons. The van der Waals surface area contributed by atoms with Crippen LogP contribution in [-0.4, -0.2) is 37.5 Å². The summed E-state index contributed by atoms with van der Waals surface area (Å²) in [6.45, 7) is 5.76. The summed E-state index contributed by atoms with van der Waals surface area (Å²) in [5.41, 5.74) is 0.710. The zero-order valence-corrected chi connectivity index (χ0v) is 9.98. The first-order chi connectivity index (χ1) is 6.93. The minimum absolute atomic E-state index is 0.315. The Kier molecular flexibility index (Phi) is 6.20. The van der Waals surface area contributed by atoms with E-state index in [-0.39, 0.29) is 0 Å². The summed E-state index contributed by atoms with van der Waals surface area (Å²) in [6, 6.07) is 0. The molecule has 2 atom stereocenters. The zero-order chi connectivity index (χ0) is 12.0. The molecule has 0 spiro atoms. The summed E-state index contributed by atoms with van der Waals surface area (Å²) in [4.78, 5) is 11.2. The first-order valence-electron chi connectivity index (χ1n) is 4.91. The van der Waals surface area contributed by atoms with Crippen molar-refractivity contribution >= 4 is 5.97 Å². The van der Waals surface area contributed by atoms with Crippen molar-refractivity contribution in [2.75, 3.05) is 14.2 Å². The van der Waals surface area contributed by atoms with Gasteiger partial charge in [-0.25, -0.2) is 4.79 Å². The third kappa shape index (κ3) is 4.44. The molecule has 0 aromatic carbocycles. The molecule has 0 radical (unpaired) electrons. The highest BCUT2D eigenvalue weighted by Crippen LogP contribution is 2.13. The van der Waals surface area contributed by atoms with E-state index in [1.165, 1.54) is 14.2 Å². The Labute approximate surface area is 90.9 Å². The van der Waals surface area contributed by atoms with Gasteiger partial charge < -0.3 is 14.6 Å². The second-order valence-corrected chi connectivity index (χ2v) is 3.78. The maximum Gasteiger partial charge on any atom is 0.338 e. The maximum absolute atomic E-state index is 11.2. The number of carbonyl (C=O) groups excluding carboxylic acids is 1. The van der Waals surface area contributed by atoms with E-state index in [0.29, 0.717) is 11.5 Å². The number of aliphatic hydroxyl groups excluding tert-OH is 1. The molecule has 0 aromatic rings. The Morgan fingerprint density at radius 1 is 1.33 bits per heavy atom. The number of hydrogen-bond donors (Lipinski definition) is 1. The molecular weight excluding hydrogens is 196 g/mol. The lowest BCUT2D eigenvalue weighted by atomic mass is 10.0. The monoisotopic (exact) mass is 216 g/mol. The van der Waals surface area contributed by atoms with Crippen LogP contribution in [0.15, 0.2) is 11.6 Å². The number of rotatable bonds is 5. The van der Waals surface area contributed by atoms with Crippen LogP contribution in [-0.2, 0) is 14.3 Å². The van der Waals surface area contributed by atoms with Crippen LogP contribution in [0.4, 0.5) is 0 Å². The summed E-state index contributed by atoms with van der Waals surface area (Å²) in [5.74, 6) is -0.253. The Balaban J connectivity index is 4.64. The van der Waals surface area contributed by atoms with Crippen LogP contribution in [0, 0.1) is 5.92 Å². The highest BCUT2D eigenvalue weighted by Gasteiger charge is 2.28. The van der Waals surface area contributed by atoms with Gasteiger partial charge in [0.25, 0.3) is 0 Å². The maximum atomic E-state index is 11.2. The first kappa shape index (κ1) is 14.1. The number of esters is 1. The lowest BCUT2D eigenvalue weighted by molar-refractivity contribution is -0.157. The van der Waals surface area contributed by atoms with Crippen LogP contribution in [0.5, 0.6) is 0 Å². The van der Waals surface area contributed by atoms with Gasteiger partial charge in [-0.15, -0.1) is 0 Å². The molecule has 4 nitrogen and oxygen atoms in total. The normalized spacial score (nSPS) is 16.3. The van der Waals surface area contributed by atoms with E-state index in [9.17, 15) is 9.90 Å². The predicted molar refractivity (Wildman–Crippen MR) is 57.4 cm³/mol. The number of allylic oxidation sites excluding steroid dienone is 1. The molecular formula is C11H20O4. The van der Waals surface area contributed by atoms with Crippen LogP contribution in [0.25, 0.3) is 0 Å². The molecule has 0 fully saturated rings. The standard InChI is InChI=1S/C11H20O4/c1-7(2)6-8(3)9(12)10(14-4)11(13)15-5/h6-7,9-10,12H,1-5H3/b8-6+/t9-,10-/m1/s1. The number of methoxy groups -OCH3 is 2. The van der Waals surface area contributed by atoms with E-state index in [0.717, 1.165) is 0 Å². The van der Waals surface area contributed by atoms with E-state index in [1.54, 1.807) is 6.92 Å². The van der Waals surface area contributed by atoms with Crippen LogP contribution >= 0.6 is 0 Å². The second-order valence-electron chi connectivity index (χ2n) is 3.78. The quantitative estimate of drug-likeness (QED) is 0.553. The smallest absolute Gasteiger partial charge is 0.338 e. The third-order valence-electron chi connectivity index (χ3n) is 2.04. The molecule has 0 saturated carbocycles. The molecule has 0 aliphatic carbocycles. The van der Waals surface area contributed by atoms with Gasteiger partial charge in [-0.1, -0.05) is 19.9 Å². The van der Waals surface area contributed by atoms with E-state index < -0.39 is 18.2 Å². The predicted octanol–water partition coefficient (Wildman–Crippen LogP) is 1.14. The van der Waals surface area contributed by atoms with Gasteiger partial charge >= 0.3 is 5.97 Å². The van der Waals surface area contributed by atoms with Crippen LogP contribution in [0.3, 0.4) is 0 Å². The van der Waals surface area contributed by atoms with Crippen molar-refractivity contribution in [3.05, 3.63) is 11.6 Å². The molecule has 0 amide bonds. The summed E-state index contributed by atoms with van der Waals surface area (Å²) >= 11 is 0. The Morgan fingerprint density at radius 2 is 1.87 bits per heavy atom. The molecule has 0 rings (SSSR count). The van der Waals surface area contributed by atoms with Crippen molar-refractivity contribution in [2.45, 2.75) is 33.0 Å². The van der Waals surface area contributed by atoms with E-state index >= 15 is 0 Å². The molecule has 0 bridgehead atoms. The van der Waals surface area contributed by atoms with Crippen LogP contribution in [0.1, 0.15) is 20.8 Å². The zero-order valence-electron chi connectivity index (χ0n) is 9.98. The minimum Gasteiger partial charge on any atom is -0.467 e. The van der Waals surface area contributed by atoms with Gasteiger partial charge in [0.05, 0.1) is 7.11 Å². The molecule has 4 heteroatoms. The fourth-order valence-corrected chi connectivity index (χ4v) is 1.33. The van der Waals surface area contributed by atoms with Crippen molar-refractivity contribution in [3.63, 3.8) is 0 Å². The average molecular weight is 216 g/mol. The molecule has 0 aliphatic heterocycles. The number of carbonyl (C=O) groups is 1. The highest BCUT2D eigenvalue weighted by atomic mass is 16.6. The van der Waals surface area contributed by atoms with Gasteiger partial charge in [-0.2, -0.15) is 0 Å². The van der Waals surface area contributed by atoms with E-state index in [2.05, 4.69) is 4.74 Å². The lowest BCUT2D eigenvalue weighted by Crippen LogP contribution is -2.37. The third-order valence-corrected chi connectivity index (χ3v) is 2.04. The number of hydrogen-bond acceptors (Lipinski definition) is 4. The van der Waals surface area contributed by atoms with E-state index in [1.807, 2.05) is 19.9 Å². The van der Waals surface area contributed by atoms with Crippen LogP contribution in [0.2, 0.25) is 0 Å². The summed E-state index contributed by atoms with van der Waals surface area (Å²) in [7, 11) is 2.63. The van der Waals surface area contributed by atoms with Crippen molar-refractivity contribution in [2.24, 2.45) is 5.92 Å². The Hall–Kier alpha value is -0.870. The fraction of sp³-hybridized carbons (Fsp3) is 0.727. The van der Waals surface area contributed by atoms with Gasteiger partial charge in [0, 0.05) is 7.11 Å².